The summed E-state index contributed by atoms with van der Waals surface area (Å²) in [5.41, 5.74) is 1.67. The number of nitrogens with zero attached hydrogens (tertiary/aromatic N) is 3. The van der Waals surface area contributed by atoms with Crippen LogP contribution in [0.4, 0.5) is 5.82 Å². The second-order valence-electron chi connectivity index (χ2n) is 5.31. The van der Waals surface area contributed by atoms with E-state index in [0.29, 0.717) is 0 Å². The van der Waals surface area contributed by atoms with Crippen molar-refractivity contribution in [2.24, 2.45) is 4.40 Å². The molecule has 1 heterocycles. The standard InChI is InChI=1S/C13H21N3OS/c1-10(15-18(17)13(2,3)4)11-8-7-9-14-12(11)16(5)6/h7-9H,1-6H3. The molecule has 0 aliphatic rings. The van der Waals surface area contributed by atoms with Crippen LogP contribution in [0.5, 0.6) is 0 Å². The van der Waals surface area contributed by atoms with Gasteiger partial charge < -0.3 is 9.45 Å². The van der Waals surface area contributed by atoms with Crippen molar-refractivity contribution in [3.63, 3.8) is 0 Å². The summed E-state index contributed by atoms with van der Waals surface area (Å²) in [6, 6.07) is 3.81. The molecule has 1 atom stereocenters. The average molecular weight is 267 g/mol. The highest BCUT2D eigenvalue weighted by molar-refractivity contribution is 7.91. The number of rotatable bonds is 3. The Morgan fingerprint density at radius 2 is 2.00 bits per heavy atom. The molecule has 0 amide bonds. The highest BCUT2D eigenvalue weighted by Gasteiger charge is 2.27. The van der Waals surface area contributed by atoms with Gasteiger partial charge in [-0.25, -0.2) is 4.98 Å². The van der Waals surface area contributed by atoms with Crippen molar-refractivity contribution in [3.05, 3.63) is 23.9 Å². The molecule has 0 saturated heterocycles. The maximum atomic E-state index is 12.0. The lowest BCUT2D eigenvalue weighted by molar-refractivity contribution is 0.561. The molecule has 18 heavy (non-hydrogen) atoms. The summed E-state index contributed by atoms with van der Waals surface area (Å²) in [6.45, 7) is 7.61. The molecule has 1 unspecified atom stereocenters. The molecular formula is C13H21N3OS. The van der Waals surface area contributed by atoms with Crippen LogP contribution in [0.3, 0.4) is 0 Å². The number of anilines is 1. The van der Waals surface area contributed by atoms with E-state index in [9.17, 15) is 4.55 Å². The zero-order valence-corrected chi connectivity index (χ0v) is 12.7. The van der Waals surface area contributed by atoms with E-state index in [1.807, 2.05) is 58.8 Å². The first-order chi connectivity index (χ1) is 8.23. The van der Waals surface area contributed by atoms with Crippen LogP contribution in [0, 0.1) is 0 Å². The summed E-state index contributed by atoms with van der Waals surface area (Å²) in [4.78, 5) is 6.24. The van der Waals surface area contributed by atoms with Crippen LogP contribution in [0.25, 0.3) is 0 Å². The monoisotopic (exact) mass is 267 g/mol. The molecule has 0 aliphatic heterocycles. The minimum Gasteiger partial charge on any atom is -0.591 e. The van der Waals surface area contributed by atoms with E-state index in [-0.39, 0.29) is 4.75 Å². The molecule has 0 spiro atoms. The van der Waals surface area contributed by atoms with Gasteiger partial charge in [-0.15, -0.1) is 0 Å². The van der Waals surface area contributed by atoms with Gasteiger partial charge in [-0.05, 0) is 39.8 Å². The van der Waals surface area contributed by atoms with E-state index in [0.717, 1.165) is 17.1 Å². The maximum absolute atomic E-state index is 12.0. The third kappa shape index (κ3) is 3.71. The second-order valence-corrected chi connectivity index (χ2v) is 7.21. The van der Waals surface area contributed by atoms with Crippen molar-refractivity contribution in [2.45, 2.75) is 32.4 Å². The van der Waals surface area contributed by atoms with Crippen molar-refractivity contribution in [3.8, 4) is 0 Å². The quantitative estimate of drug-likeness (QED) is 0.624. The lowest BCUT2D eigenvalue weighted by Crippen LogP contribution is -2.27. The van der Waals surface area contributed by atoms with Crippen LogP contribution in [0.2, 0.25) is 0 Å². The Morgan fingerprint density at radius 3 is 2.50 bits per heavy atom. The van der Waals surface area contributed by atoms with E-state index in [1.54, 1.807) is 6.20 Å². The van der Waals surface area contributed by atoms with Gasteiger partial charge in [-0.3, -0.25) is 0 Å². The Bertz CT molecular complexity index is 438. The molecular weight excluding hydrogens is 246 g/mol. The van der Waals surface area contributed by atoms with Crippen molar-refractivity contribution < 1.29 is 4.55 Å². The summed E-state index contributed by atoms with van der Waals surface area (Å²) < 4.78 is 16.0. The Balaban J connectivity index is 3.11. The van der Waals surface area contributed by atoms with Gasteiger partial charge in [-0.1, -0.05) is 4.40 Å². The largest absolute Gasteiger partial charge is 0.591 e. The minimum atomic E-state index is -1.25. The van der Waals surface area contributed by atoms with Crippen molar-refractivity contribution in [1.82, 2.24) is 4.98 Å². The predicted octanol–water partition coefficient (Wildman–Crippen LogP) is 2.42. The summed E-state index contributed by atoms with van der Waals surface area (Å²) >= 11 is -1.25. The number of hydrogen-bond acceptors (Lipinski definition) is 4. The zero-order chi connectivity index (χ0) is 13.9. The van der Waals surface area contributed by atoms with E-state index in [1.165, 1.54) is 0 Å². The van der Waals surface area contributed by atoms with Crippen molar-refractivity contribution in [1.29, 1.82) is 0 Å². The molecule has 0 aliphatic carbocycles. The fourth-order valence-corrected chi connectivity index (χ4v) is 1.97. The third-order valence-corrected chi connectivity index (χ3v) is 3.83. The molecule has 0 N–H and O–H groups in total. The molecule has 0 fully saturated rings. The number of hydrogen-bond donors (Lipinski definition) is 0. The Morgan fingerprint density at radius 1 is 1.39 bits per heavy atom. The molecule has 0 aromatic carbocycles. The first-order valence-electron chi connectivity index (χ1n) is 5.83. The highest BCUT2D eigenvalue weighted by atomic mass is 32.2. The van der Waals surface area contributed by atoms with Crippen molar-refractivity contribution in [2.75, 3.05) is 19.0 Å². The SMILES string of the molecule is CC(=N[S+]([O-])C(C)(C)C)c1cccnc1N(C)C. The summed E-state index contributed by atoms with van der Waals surface area (Å²) in [7, 11) is 3.86. The number of aromatic nitrogens is 1. The van der Waals surface area contributed by atoms with Crippen LogP contribution >= 0.6 is 0 Å². The molecule has 100 valence electrons. The second kappa shape index (κ2) is 5.71. The maximum Gasteiger partial charge on any atom is 0.144 e. The molecule has 1 aromatic rings. The molecule has 0 bridgehead atoms. The van der Waals surface area contributed by atoms with Gasteiger partial charge >= 0.3 is 0 Å². The third-order valence-electron chi connectivity index (χ3n) is 2.34. The fraction of sp³-hybridized carbons (Fsp3) is 0.538. The van der Waals surface area contributed by atoms with E-state index < -0.39 is 11.4 Å². The molecule has 1 rings (SSSR count). The molecule has 0 radical (unpaired) electrons. The van der Waals surface area contributed by atoms with Gasteiger partial charge in [0.2, 0.25) is 0 Å². The predicted molar refractivity (Wildman–Crippen MR) is 78.7 cm³/mol. The van der Waals surface area contributed by atoms with Gasteiger partial charge in [0.1, 0.15) is 21.9 Å². The van der Waals surface area contributed by atoms with Gasteiger partial charge in [0.25, 0.3) is 0 Å². The average Bonchev–Trinajstić information content (AvgIpc) is 2.27. The lowest BCUT2D eigenvalue weighted by atomic mass is 10.2. The van der Waals surface area contributed by atoms with Crippen LogP contribution in [0.1, 0.15) is 33.3 Å². The van der Waals surface area contributed by atoms with Crippen LogP contribution in [0.15, 0.2) is 22.7 Å². The van der Waals surface area contributed by atoms with Gasteiger partial charge in [-0.2, -0.15) is 0 Å². The van der Waals surface area contributed by atoms with Crippen LogP contribution in [-0.2, 0) is 11.4 Å². The highest BCUT2D eigenvalue weighted by Crippen LogP contribution is 2.21. The van der Waals surface area contributed by atoms with Gasteiger partial charge in [0, 0.05) is 25.9 Å². The summed E-state index contributed by atoms with van der Waals surface area (Å²) in [5, 5.41) is 0. The first kappa shape index (κ1) is 15.0. The molecule has 4 nitrogen and oxygen atoms in total. The summed E-state index contributed by atoms with van der Waals surface area (Å²) in [6.07, 6.45) is 1.74. The van der Waals surface area contributed by atoms with Gasteiger partial charge in [0.05, 0.1) is 5.71 Å². The minimum absolute atomic E-state index is 0.345. The normalized spacial score (nSPS) is 14.5. The van der Waals surface area contributed by atoms with Crippen LogP contribution < -0.4 is 4.90 Å². The van der Waals surface area contributed by atoms with E-state index in [4.69, 9.17) is 0 Å². The molecule has 1 aromatic heterocycles. The molecule has 0 saturated carbocycles. The van der Waals surface area contributed by atoms with Crippen molar-refractivity contribution >= 4 is 22.9 Å². The first-order valence-corrected chi connectivity index (χ1v) is 6.94. The zero-order valence-electron chi connectivity index (χ0n) is 11.9. The fourth-order valence-electron chi connectivity index (χ4n) is 1.35. The smallest absolute Gasteiger partial charge is 0.144 e. The number of pyridine rings is 1. The Hall–Kier alpha value is -1.07. The molecule has 5 heteroatoms. The lowest BCUT2D eigenvalue weighted by Gasteiger charge is -2.20. The van der Waals surface area contributed by atoms with Gasteiger partial charge in [0.15, 0.2) is 0 Å². The Kier molecular flexibility index (Phi) is 4.76. The van der Waals surface area contributed by atoms with E-state index in [2.05, 4.69) is 9.38 Å². The van der Waals surface area contributed by atoms with Crippen LogP contribution in [-0.4, -0.2) is 34.1 Å². The summed E-state index contributed by atoms with van der Waals surface area (Å²) in [5.74, 6) is 0.838. The Labute approximate surface area is 112 Å². The van der Waals surface area contributed by atoms with E-state index >= 15 is 0 Å². The topological polar surface area (TPSA) is 51.6 Å².